The van der Waals surface area contributed by atoms with Crippen LogP contribution >= 0.6 is 11.6 Å². The average molecular weight is 425 g/mol. The van der Waals surface area contributed by atoms with Crippen molar-refractivity contribution in [2.75, 3.05) is 13.7 Å². The number of ether oxygens (including phenoxy) is 1. The van der Waals surface area contributed by atoms with Crippen LogP contribution in [0, 0.1) is 5.92 Å². The van der Waals surface area contributed by atoms with Gasteiger partial charge >= 0.3 is 0 Å². The first-order valence-corrected chi connectivity index (χ1v) is 9.87. The molecule has 7 atom stereocenters. The fraction of sp³-hybridized carbons (Fsp3) is 0.579. The predicted molar refractivity (Wildman–Crippen MR) is 106 cm³/mol. The molecule has 0 aliphatic carbocycles. The molecule has 0 radical (unpaired) electrons. The highest BCUT2D eigenvalue weighted by molar-refractivity contribution is 6.30. The van der Waals surface area contributed by atoms with Crippen LogP contribution in [0.2, 0.25) is 5.02 Å². The van der Waals surface area contributed by atoms with Crippen LogP contribution in [0.4, 0.5) is 0 Å². The zero-order valence-corrected chi connectivity index (χ0v) is 16.9. The highest BCUT2D eigenvalue weighted by Gasteiger charge is 2.59. The van der Waals surface area contributed by atoms with Crippen LogP contribution < -0.4 is 5.32 Å². The van der Waals surface area contributed by atoms with Crippen molar-refractivity contribution in [3.8, 4) is 0 Å². The molecule has 0 aromatic heterocycles. The van der Waals surface area contributed by atoms with Gasteiger partial charge < -0.3 is 30.2 Å². The molecule has 9 nitrogen and oxygen atoms in total. The van der Waals surface area contributed by atoms with Crippen LogP contribution in [0.25, 0.3) is 0 Å². The van der Waals surface area contributed by atoms with E-state index >= 15 is 0 Å². The topological polar surface area (TPSA) is 119 Å². The molecule has 29 heavy (non-hydrogen) atoms. The fourth-order valence-electron chi connectivity index (χ4n) is 4.35. The van der Waals surface area contributed by atoms with Crippen LogP contribution in [-0.2, 0) is 9.57 Å². The van der Waals surface area contributed by atoms with Gasteiger partial charge in [0.25, 0.3) is 0 Å². The third-order valence-electron chi connectivity index (χ3n) is 5.95. The number of aliphatic imine (C=N–C) groups is 1. The number of fused-ring (bicyclic) bond motifs is 1. The Morgan fingerprint density at radius 3 is 2.83 bits per heavy atom. The number of amidine groups is 1. The standard InChI is InChI=1S/C19H25ClN4O5/c1-19(27)14(26)18(29-15(19)13(25)10-3-5-11(20)6-4-10)24-8-7-12-16(23-28-2)21-9-22-17(12)24/h3-6,9,12-15,17-18,25-27H,7-8H2,1-2H3,(H,21,22,23)/t12?,13-,14+,15-,17?,18-,19+/m1/s1. The molecule has 0 bridgehead atoms. The molecule has 2 fully saturated rings. The third-order valence-corrected chi connectivity index (χ3v) is 6.20. The molecule has 0 spiro atoms. The summed E-state index contributed by atoms with van der Waals surface area (Å²) in [4.78, 5) is 11.0. The average Bonchev–Trinajstić information content (AvgIpc) is 3.22. The minimum atomic E-state index is -1.66. The van der Waals surface area contributed by atoms with Crippen molar-refractivity contribution in [2.45, 2.75) is 49.7 Å². The predicted octanol–water partition coefficient (Wildman–Crippen LogP) is 0.450. The lowest BCUT2D eigenvalue weighted by Gasteiger charge is -2.35. The molecular formula is C19H25ClN4O5. The number of hydrogen-bond donors (Lipinski definition) is 4. The number of hydrogen-bond acceptors (Lipinski definition) is 8. The lowest BCUT2D eigenvalue weighted by Crippen LogP contribution is -2.56. The number of aliphatic hydroxyl groups is 3. The van der Waals surface area contributed by atoms with Gasteiger partial charge in [0.1, 0.15) is 37.3 Å². The summed E-state index contributed by atoms with van der Waals surface area (Å²) in [7, 11) is 1.47. The molecule has 1 aromatic rings. The Kier molecular flexibility index (Phi) is 5.54. The molecule has 4 N–H and O–H groups in total. The van der Waals surface area contributed by atoms with Crippen LogP contribution in [0.15, 0.2) is 34.4 Å². The Morgan fingerprint density at radius 1 is 1.41 bits per heavy atom. The Balaban J connectivity index is 1.56. The number of nitrogens with zero attached hydrogens (tertiary/aromatic N) is 3. The van der Waals surface area contributed by atoms with Crippen molar-refractivity contribution in [3.05, 3.63) is 34.9 Å². The summed E-state index contributed by atoms with van der Waals surface area (Å²) in [5.41, 5.74) is -1.11. The molecule has 3 heterocycles. The molecule has 3 aliphatic heterocycles. The van der Waals surface area contributed by atoms with Crippen LogP contribution in [0.1, 0.15) is 25.0 Å². The summed E-state index contributed by atoms with van der Waals surface area (Å²) in [6.07, 6.45) is -2.14. The Labute approximate surface area is 173 Å². The minimum absolute atomic E-state index is 0.0408. The van der Waals surface area contributed by atoms with Crippen LogP contribution in [0.3, 0.4) is 0 Å². The van der Waals surface area contributed by atoms with E-state index in [1.165, 1.54) is 20.4 Å². The van der Waals surface area contributed by atoms with Gasteiger partial charge in [-0.15, -0.1) is 0 Å². The first-order valence-electron chi connectivity index (χ1n) is 9.49. The van der Waals surface area contributed by atoms with E-state index in [9.17, 15) is 15.3 Å². The van der Waals surface area contributed by atoms with E-state index in [0.29, 0.717) is 23.0 Å². The van der Waals surface area contributed by atoms with Crippen LogP contribution in [-0.4, -0.2) is 76.3 Å². The van der Waals surface area contributed by atoms with Crippen molar-refractivity contribution in [1.29, 1.82) is 0 Å². The highest BCUT2D eigenvalue weighted by Crippen LogP contribution is 2.42. The van der Waals surface area contributed by atoms with Gasteiger partial charge in [0, 0.05) is 11.6 Å². The van der Waals surface area contributed by atoms with Crippen LogP contribution in [0.5, 0.6) is 0 Å². The molecule has 158 valence electrons. The van der Waals surface area contributed by atoms with Crippen molar-refractivity contribution in [3.63, 3.8) is 0 Å². The molecule has 0 saturated carbocycles. The second-order valence-electron chi connectivity index (χ2n) is 7.75. The largest absolute Gasteiger partial charge is 0.398 e. The van der Waals surface area contributed by atoms with Gasteiger partial charge in [0.15, 0.2) is 5.84 Å². The number of benzene rings is 1. The first-order chi connectivity index (χ1) is 13.8. The van der Waals surface area contributed by atoms with Gasteiger partial charge in [0.2, 0.25) is 0 Å². The smallest absolute Gasteiger partial charge is 0.175 e. The van der Waals surface area contributed by atoms with Gasteiger partial charge in [-0.05, 0) is 31.0 Å². The SMILES string of the molecule is CO/N=C1/N=CNC2C1CCN2[C@@H]1O[C@H]([C@H](O)c2ccc(Cl)cc2)[C@@](C)(O)[C@H]1O. The number of nitrogens with one attached hydrogen (secondary N) is 1. The second kappa shape index (κ2) is 7.82. The number of aliphatic hydroxyl groups excluding tert-OH is 2. The normalized spacial score (nSPS) is 39.4. The summed E-state index contributed by atoms with van der Waals surface area (Å²) >= 11 is 5.92. The molecule has 10 heteroatoms. The maximum Gasteiger partial charge on any atom is 0.175 e. The molecule has 2 saturated heterocycles. The second-order valence-corrected chi connectivity index (χ2v) is 8.19. The summed E-state index contributed by atoms with van der Waals surface area (Å²) in [5.74, 6) is 0.525. The summed E-state index contributed by atoms with van der Waals surface area (Å²) in [6, 6.07) is 6.66. The fourth-order valence-corrected chi connectivity index (χ4v) is 4.48. The Bertz CT molecular complexity index is 802. The first kappa shape index (κ1) is 20.5. The van der Waals surface area contributed by atoms with Gasteiger partial charge in [-0.2, -0.15) is 0 Å². The molecule has 4 rings (SSSR count). The van der Waals surface area contributed by atoms with E-state index in [1.54, 1.807) is 24.3 Å². The van der Waals surface area contributed by atoms with Crippen molar-refractivity contribution < 1.29 is 24.9 Å². The highest BCUT2D eigenvalue weighted by atomic mass is 35.5. The van der Waals surface area contributed by atoms with Crippen molar-refractivity contribution in [1.82, 2.24) is 10.2 Å². The molecular weight excluding hydrogens is 400 g/mol. The van der Waals surface area contributed by atoms with Gasteiger partial charge in [-0.25, -0.2) is 4.99 Å². The summed E-state index contributed by atoms with van der Waals surface area (Å²) in [5, 5.41) is 40.4. The Morgan fingerprint density at radius 2 is 2.14 bits per heavy atom. The number of rotatable bonds is 4. The summed E-state index contributed by atoms with van der Waals surface area (Å²) in [6.45, 7) is 2.07. The molecule has 3 aliphatic rings. The van der Waals surface area contributed by atoms with E-state index in [1.807, 2.05) is 4.90 Å². The monoisotopic (exact) mass is 424 g/mol. The zero-order chi connectivity index (χ0) is 20.8. The van der Waals surface area contributed by atoms with E-state index < -0.39 is 30.1 Å². The van der Waals surface area contributed by atoms with E-state index in [-0.39, 0.29) is 12.1 Å². The molecule has 2 unspecified atom stereocenters. The zero-order valence-electron chi connectivity index (χ0n) is 16.1. The number of oxime groups is 1. The molecule has 1 aromatic carbocycles. The van der Waals surface area contributed by atoms with E-state index in [0.717, 1.165) is 6.42 Å². The van der Waals surface area contributed by atoms with Gasteiger partial charge in [0.05, 0.1) is 18.4 Å². The maximum absolute atomic E-state index is 11.0. The summed E-state index contributed by atoms with van der Waals surface area (Å²) < 4.78 is 6.05. The van der Waals surface area contributed by atoms with E-state index in [4.69, 9.17) is 21.2 Å². The number of halogens is 1. The lowest BCUT2D eigenvalue weighted by atomic mass is 9.88. The minimum Gasteiger partial charge on any atom is -0.398 e. The van der Waals surface area contributed by atoms with Gasteiger partial charge in [-0.3, -0.25) is 4.90 Å². The Hall–Kier alpha value is -1.75. The van der Waals surface area contributed by atoms with Crippen molar-refractivity contribution >= 4 is 23.8 Å². The third kappa shape index (κ3) is 3.52. The molecule has 0 amide bonds. The van der Waals surface area contributed by atoms with Crippen molar-refractivity contribution in [2.24, 2.45) is 16.1 Å². The lowest BCUT2D eigenvalue weighted by molar-refractivity contribution is -0.129. The number of likely N-dealkylation sites (tertiary alicyclic amines) is 1. The van der Waals surface area contributed by atoms with E-state index in [2.05, 4.69) is 15.5 Å². The van der Waals surface area contributed by atoms with Gasteiger partial charge in [-0.1, -0.05) is 28.9 Å². The maximum atomic E-state index is 11.0. The quantitative estimate of drug-likeness (QED) is 0.518.